The van der Waals surface area contributed by atoms with Gasteiger partial charge in [0.2, 0.25) is 5.91 Å². The van der Waals surface area contributed by atoms with Gasteiger partial charge in [-0.15, -0.1) is 35.6 Å². The Labute approximate surface area is 137 Å². The summed E-state index contributed by atoms with van der Waals surface area (Å²) in [7, 11) is 1.79. The molecule has 3 nitrogen and oxygen atoms in total. The van der Waals surface area contributed by atoms with Crippen LogP contribution in [0.5, 0.6) is 0 Å². The van der Waals surface area contributed by atoms with Gasteiger partial charge in [0, 0.05) is 37.6 Å². The van der Waals surface area contributed by atoms with Crippen LogP contribution in [0.4, 0.5) is 5.69 Å². The Morgan fingerprint density at radius 1 is 1.15 bits per heavy atom. The van der Waals surface area contributed by atoms with Gasteiger partial charge in [0.05, 0.1) is 6.04 Å². The van der Waals surface area contributed by atoms with Crippen molar-refractivity contribution in [2.75, 3.05) is 36.8 Å². The number of para-hydroxylation sites is 1. The second-order valence-corrected chi connectivity index (χ2v) is 5.08. The minimum atomic E-state index is -0.234. The first kappa shape index (κ1) is 19.5. The molecule has 0 saturated carbocycles. The quantitative estimate of drug-likeness (QED) is 0.712. The SMILES string of the molecule is CC(C(=O)N(C)c1ccccc1)N(CCCl)CCCl.Cl. The summed E-state index contributed by atoms with van der Waals surface area (Å²) in [4.78, 5) is 16.1. The second kappa shape index (κ2) is 10.3. The fourth-order valence-corrected chi connectivity index (χ4v) is 2.37. The smallest absolute Gasteiger partial charge is 0.243 e. The van der Waals surface area contributed by atoms with Gasteiger partial charge in [0.15, 0.2) is 0 Å². The van der Waals surface area contributed by atoms with Crippen LogP contribution in [0, 0.1) is 0 Å². The summed E-state index contributed by atoms with van der Waals surface area (Å²) in [6.07, 6.45) is 0. The Bertz CT molecular complexity index is 383. The first-order valence-electron chi connectivity index (χ1n) is 6.30. The third-order valence-corrected chi connectivity index (χ3v) is 3.46. The summed E-state index contributed by atoms with van der Waals surface area (Å²) in [6, 6.07) is 9.36. The molecule has 1 atom stereocenters. The molecule has 1 aromatic rings. The predicted octanol–water partition coefficient (Wildman–Crippen LogP) is 3.24. The molecule has 0 saturated heterocycles. The fraction of sp³-hybridized carbons (Fsp3) is 0.500. The Kier molecular flexibility index (Phi) is 10.0. The maximum atomic E-state index is 12.4. The number of alkyl halides is 2. The molecule has 0 heterocycles. The van der Waals surface area contributed by atoms with E-state index in [4.69, 9.17) is 23.2 Å². The lowest BCUT2D eigenvalue weighted by Gasteiger charge is -2.30. The number of nitrogens with zero attached hydrogens (tertiary/aromatic N) is 2. The average Bonchev–Trinajstić information content (AvgIpc) is 2.45. The molecule has 0 aliphatic rings. The van der Waals surface area contributed by atoms with Gasteiger partial charge in [-0.1, -0.05) is 18.2 Å². The highest BCUT2D eigenvalue weighted by molar-refractivity contribution is 6.18. The van der Waals surface area contributed by atoms with Gasteiger partial charge < -0.3 is 4.90 Å². The maximum absolute atomic E-state index is 12.4. The number of carbonyl (C=O) groups is 1. The van der Waals surface area contributed by atoms with Gasteiger partial charge >= 0.3 is 0 Å². The molecule has 1 amide bonds. The Hall–Kier alpha value is -0.480. The van der Waals surface area contributed by atoms with Crippen LogP contribution in [0.3, 0.4) is 0 Å². The third kappa shape index (κ3) is 5.49. The van der Waals surface area contributed by atoms with E-state index in [1.54, 1.807) is 11.9 Å². The van der Waals surface area contributed by atoms with E-state index in [1.165, 1.54) is 0 Å². The first-order chi connectivity index (χ1) is 9.11. The molecule has 0 bridgehead atoms. The van der Waals surface area contributed by atoms with Crippen molar-refractivity contribution in [2.24, 2.45) is 0 Å². The monoisotopic (exact) mass is 338 g/mol. The number of likely N-dealkylation sites (N-methyl/N-ethyl adjacent to an activating group) is 1. The van der Waals surface area contributed by atoms with Gasteiger partial charge in [0.25, 0.3) is 0 Å². The number of halogens is 3. The lowest BCUT2D eigenvalue weighted by Crippen LogP contribution is -2.47. The van der Waals surface area contributed by atoms with Gasteiger partial charge in [0.1, 0.15) is 0 Å². The van der Waals surface area contributed by atoms with Gasteiger partial charge in [-0.3, -0.25) is 9.69 Å². The van der Waals surface area contributed by atoms with E-state index < -0.39 is 0 Å². The van der Waals surface area contributed by atoms with Crippen LogP contribution >= 0.6 is 35.6 Å². The van der Waals surface area contributed by atoms with Gasteiger partial charge in [-0.05, 0) is 19.1 Å². The second-order valence-electron chi connectivity index (χ2n) is 4.32. The zero-order valence-corrected chi connectivity index (χ0v) is 14.1. The number of anilines is 1. The van der Waals surface area contributed by atoms with Crippen LogP contribution in [0.25, 0.3) is 0 Å². The molecule has 0 spiro atoms. The summed E-state index contributed by atoms with van der Waals surface area (Å²) in [5.41, 5.74) is 0.885. The van der Waals surface area contributed by atoms with Gasteiger partial charge in [-0.25, -0.2) is 0 Å². The zero-order valence-electron chi connectivity index (χ0n) is 11.8. The van der Waals surface area contributed by atoms with Crippen LogP contribution in [-0.2, 0) is 4.79 Å². The lowest BCUT2D eigenvalue weighted by molar-refractivity contribution is -0.122. The fourth-order valence-electron chi connectivity index (χ4n) is 1.93. The molecule has 0 fully saturated rings. The minimum Gasteiger partial charge on any atom is -0.314 e. The molecule has 0 radical (unpaired) electrons. The molecule has 6 heteroatoms. The van der Waals surface area contributed by atoms with Crippen LogP contribution in [0.1, 0.15) is 6.92 Å². The molecule has 114 valence electrons. The summed E-state index contributed by atoms with van der Waals surface area (Å²) in [5.74, 6) is 1.02. The largest absolute Gasteiger partial charge is 0.314 e. The van der Waals surface area contributed by atoms with E-state index in [-0.39, 0.29) is 24.4 Å². The number of benzene rings is 1. The normalized spacial score (nSPS) is 11.8. The molecule has 1 rings (SSSR count). The Balaban J connectivity index is 0.00000361. The predicted molar refractivity (Wildman–Crippen MR) is 89.6 cm³/mol. The van der Waals surface area contributed by atoms with Crippen molar-refractivity contribution in [3.05, 3.63) is 30.3 Å². The van der Waals surface area contributed by atoms with Gasteiger partial charge in [-0.2, -0.15) is 0 Å². The first-order valence-corrected chi connectivity index (χ1v) is 7.37. The van der Waals surface area contributed by atoms with Crippen molar-refractivity contribution in [1.29, 1.82) is 0 Å². The highest BCUT2D eigenvalue weighted by atomic mass is 35.5. The molecule has 20 heavy (non-hydrogen) atoms. The third-order valence-electron chi connectivity index (χ3n) is 3.12. The standard InChI is InChI=1S/C14H20Cl2N2O.ClH/c1-12(18(10-8-15)11-9-16)14(19)17(2)13-6-4-3-5-7-13;/h3-7,12H,8-11H2,1-2H3;1H. The van der Waals surface area contributed by atoms with Crippen molar-refractivity contribution in [1.82, 2.24) is 4.90 Å². The number of carbonyl (C=O) groups excluding carboxylic acids is 1. The number of amides is 1. The lowest BCUT2D eigenvalue weighted by atomic mass is 10.2. The van der Waals surface area contributed by atoms with Crippen LogP contribution < -0.4 is 4.90 Å². The molecule has 1 unspecified atom stereocenters. The van der Waals surface area contributed by atoms with E-state index in [9.17, 15) is 4.79 Å². The average molecular weight is 340 g/mol. The van der Waals surface area contributed by atoms with E-state index in [0.29, 0.717) is 24.8 Å². The van der Waals surface area contributed by atoms with Crippen LogP contribution in [0.15, 0.2) is 30.3 Å². The molecule has 0 aromatic heterocycles. The summed E-state index contributed by atoms with van der Waals surface area (Å²) in [6.45, 7) is 3.20. The summed E-state index contributed by atoms with van der Waals surface area (Å²) in [5, 5.41) is 0. The number of rotatable bonds is 7. The van der Waals surface area contributed by atoms with E-state index in [1.807, 2.05) is 42.2 Å². The molecule has 0 aliphatic carbocycles. The topological polar surface area (TPSA) is 23.6 Å². The minimum absolute atomic E-state index is 0. The highest BCUT2D eigenvalue weighted by Gasteiger charge is 2.24. The molecule has 0 N–H and O–H groups in total. The Morgan fingerprint density at radius 3 is 2.10 bits per heavy atom. The molecular formula is C14H21Cl3N2O. The summed E-state index contributed by atoms with van der Waals surface area (Å²) >= 11 is 11.5. The number of hydrogen-bond acceptors (Lipinski definition) is 2. The van der Waals surface area contributed by atoms with Crippen molar-refractivity contribution >= 4 is 47.2 Å². The van der Waals surface area contributed by atoms with Crippen LogP contribution in [-0.4, -0.2) is 48.7 Å². The van der Waals surface area contributed by atoms with E-state index >= 15 is 0 Å². The molecule has 1 aromatic carbocycles. The molecular weight excluding hydrogens is 319 g/mol. The van der Waals surface area contributed by atoms with E-state index in [2.05, 4.69) is 0 Å². The van der Waals surface area contributed by atoms with Crippen molar-refractivity contribution in [3.63, 3.8) is 0 Å². The summed E-state index contributed by atoms with van der Waals surface area (Å²) < 4.78 is 0. The van der Waals surface area contributed by atoms with E-state index in [0.717, 1.165) is 5.69 Å². The van der Waals surface area contributed by atoms with Crippen molar-refractivity contribution in [2.45, 2.75) is 13.0 Å². The molecule has 0 aliphatic heterocycles. The van der Waals surface area contributed by atoms with Crippen LogP contribution in [0.2, 0.25) is 0 Å². The van der Waals surface area contributed by atoms with Crippen molar-refractivity contribution in [3.8, 4) is 0 Å². The zero-order chi connectivity index (χ0) is 14.3. The maximum Gasteiger partial charge on any atom is 0.243 e. The number of hydrogen-bond donors (Lipinski definition) is 0. The van der Waals surface area contributed by atoms with Crippen molar-refractivity contribution < 1.29 is 4.79 Å². The Morgan fingerprint density at radius 2 is 1.65 bits per heavy atom. The highest BCUT2D eigenvalue weighted by Crippen LogP contribution is 2.14.